The molecule has 26 heavy (non-hydrogen) atoms. The van der Waals surface area contributed by atoms with Crippen LogP contribution in [0.15, 0.2) is 42.5 Å². The molecular formula is C16H13ClN4O5. The molecule has 10 heteroatoms. The molecule has 0 aliphatic carbocycles. The molecule has 0 aromatic heterocycles. The SMILES string of the molecule is NC(=O)CNC(=O)c1cccc(NC(=O)c2cc([N+](=O)[O-])ccc2Cl)c1. The second-order valence-corrected chi connectivity index (χ2v) is 5.51. The first-order chi connectivity index (χ1) is 12.3. The van der Waals surface area contributed by atoms with Crippen LogP contribution in [0.25, 0.3) is 0 Å². The van der Waals surface area contributed by atoms with Crippen LogP contribution in [-0.4, -0.2) is 29.2 Å². The smallest absolute Gasteiger partial charge is 0.270 e. The number of hydrogen-bond donors (Lipinski definition) is 3. The third-order valence-corrected chi connectivity index (χ3v) is 3.54. The predicted octanol–water partition coefficient (Wildman–Crippen LogP) is 1.72. The van der Waals surface area contributed by atoms with Crippen molar-refractivity contribution in [1.29, 1.82) is 0 Å². The van der Waals surface area contributed by atoms with Gasteiger partial charge in [-0.3, -0.25) is 24.5 Å². The lowest BCUT2D eigenvalue weighted by Gasteiger charge is -2.09. The Hall–Kier alpha value is -3.46. The lowest BCUT2D eigenvalue weighted by atomic mass is 10.1. The highest BCUT2D eigenvalue weighted by Gasteiger charge is 2.16. The van der Waals surface area contributed by atoms with E-state index in [1.54, 1.807) is 0 Å². The van der Waals surface area contributed by atoms with Gasteiger partial charge >= 0.3 is 0 Å². The fourth-order valence-corrected chi connectivity index (χ4v) is 2.21. The van der Waals surface area contributed by atoms with Gasteiger partial charge in [0, 0.05) is 23.4 Å². The second-order valence-electron chi connectivity index (χ2n) is 5.11. The van der Waals surface area contributed by atoms with Gasteiger partial charge in [-0.25, -0.2) is 0 Å². The van der Waals surface area contributed by atoms with E-state index in [1.807, 2.05) is 0 Å². The van der Waals surface area contributed by atoms with Crippen LogP contribution in [0.2, 0.25) is 5.02 Å². The van der Waals surface area contributed by atoms with E-state index in [1.165, 1.54) is 36.4 Å². The first-order valence-electron chi connectivity index (χ1n) is 7.20. The maximum atomic E-state index is 12.3. The molecule has 0 unspecified atom stereocenters. The third-order valence-electron chi connectivity index (χ3n) is 3.21. The van der Waals surface area contributed by atoms with Gasteiger partial charge in [-0.1, -0.05) is 17.7 Å². The standard InChI is InChI=1S/C16H13ClN4O5/c17-13-5-4-11(21(25)26)7-12(13)16(24)20-10-3-1-2-9(6-10)15(23)19-8-14(18)22/h1-7H,8H2,(H2,18,22)(H,19,23)(H,20,24). The molecule has 4 N–H and O–H groups in total. The van der Waals surface area contributed by atoms with Crippen molar-refractivity contribution in [1.82, 2.24) is 5.32 Å². The number of non-ortho nitro benzene ring substituents is 1. The zero-order valence-electron chi connectivity index (χ0n) is 13.2. The predicted molar refractivity (Wildman–Crippen MR) is 94.0 cm³/mol. The van der Waals surface area contributed by atoms with Crippen LogP contribution in [-0.2, 0) is 4.79 Å². The van der Waals surface area contributed by atoms with Gasteiger partial charge in [0.05, 0.1) is 22.1 Å². The maximum Gasteiger partial charge on any atom is 0.270 e. The molecule has 134 valence electrons. The molecule has 2 aromatic carbocycles. The van der Waals surface area contributed by atoms with Crippen LogP contribution in [0.4, 0.5) is 11.4 Å². The molecule has 0 spiro atoms. The molecule has 0 bridgehead atoms. The number of hydrogen-bond acceptors (Lipinski definition) is 5. The van der Waals surface area contributed by atoms with Crippen molar-refractivity contribution in [2.24, 2.45) is 5.73 Å². The second kappa shape index (κ2) is 8.08. The molecule has 0 heterocycles. The number of nitrogens with two attached hydrogens (primary N) is 1. The molecule has 2 rings (SSSR count). The molecule has 0 atom stereocenters. The number of rotatable bonds is 6. The Morgan fingerprint density at radius 1 is 1.12 bits per heavy atom. The van der Waals surface area contributed by atoms with Crippen LogP contribution < -0.4 is 16.4 Å². The van der Waals surface area contributed by atoms with E-state index in [0.29, 0.717) is 0 Å². The van der Waals surface area contributed by atoms with Gasteiger partial charge in [0.1, 0.15) is 0 Å². The number of carbonyl (C=O) groups is 3. The summed E-state index contributed by atoms with van der Waals surface area (Å²) in [4.78, 5) is 45.1. The highest BCUT2D eigenvalue weighted by molar-refractivity contribution is 6.34. The Morgan fingerprint density at radius 2 is 1.85 bits per heavy atom. The fourth-order valence-electron chi connectivity index (χ4n) is 2.01. The first kappa shape index (κ1) is 18.9. The van der Waals surface area contributed by atoms with E-state index in [2.05, 4.69) is 10.6 Å². The van der Waals surface area contributed by atoms with Gasteiger partial charge in [-0.2, -0.15) is 0 Å². The van der Waals surface area contributed by atoms with Gasteiger partial charge in [-0.15, -0.1) is 0 Å². The van der Waals surface area contributed by atoms with Crippen molar-refractivity contribution in [3.05, 3.63) is 68.7 Å². The Morgan fingerprint density at radius 3 is 2.50 bits per heavy atom. The van der Waals surface area contributed by atoms with Crippen molar-refractivity contribution in [2.75, 3.05) is 11.9 Å². The van der Waals surface area contributed by atoms with Crippen LogP contribution >= 0.6 is 11.6 Å². The monoisotopic (exact) mass is 376 g/mol. The Balaban J connectivity index is 2.18. The molecule has 0 saturated carbocycles. The number of carbonyl (C=O) groups excluding carboxylic acids is 3. The summed E-state index contributed by atoms with van der Waals surface area (Å²) in [5.41, 5.74) is 5.05. The number of nitro benzene ring substituents is 1. The molecule has 0 radical (unpaired) electrons. The minimum Gasteiger partial charge on any atom is -0.368 e. The average molecular weight is 377 g/mol. The van der Waals surface area contributed by atoms with E-state index < -0.39 is 22.6 Å². The Bertz CT molecular complexity index is 900. The quantitative estimate of drug-likeness (QED) is 0.519. The molecule has 0 aliphatic rings. The van der Waals surface area contributed by atoms with Crippen LogP contribution in [0.1, 0.15) is 20.7 Å². The number of primary amides is 1. The lowest BCUT2D eigenvalue weighted by molar-refractivity contribution is -0.384. The Kier molecular flexibility index (Phi) is 5.86. The summed E-state index contributed by atoms with van der Waals surface area (Å²) in [6, 6.07) is 9.38. The number of amides is 3. The topological polar surface area (TPSA) is 144 Å². The van der Waals surface area contributed by atoms with E-state index in [9.17, 15) is 24.5 Å². The molecule has 0 fully saturated rings. The highest BCUT2D eigenvalue weighted by Crippen LogP contribution is 2.23. The summed E-state index contributed by atoms with van der Waals surface area (Å²) in [6.07, 6.45) is 0. The van der Waals surface area contributed by atoms with Gasteiger partial charge in [0.25, 0.3) is 17.5 Å². The van der Waals surface area contributed by atoms with E-state index >= 15 is 0 Å². The maximum absolute atomic E-state index is 12.3. The molecular weight excluding hydrogens is 364 g/mol. The van der Waals surface area contributed by atoms with Crippen molar-refractivity contribution >= 4 is 40.7 Å². The van der Waals surface area contributed by atoms with Crippen LogP contribution in [0, 0.1) is 10.1 Å². The summed E-state index contributed by atoms with van der Waals surface area (Å²) >= 11 is 5.92. The molecule has 9 nitrogen and oxygen atoms in total. The van der Waals surface area contributed by atoms with Crippen LogP contribution in [0.3, 0.4) is 0 Å². The summed E-state index contributed by atoms with van der Waals surface area (Å²) in [5, 5.41) is 15.7. The lowest BCUT2D eigenvalue weighted by Crippen LogP contribution is -2.33. The number of nitrogens with zero attached hydrogens (tertiary/aromatic N) is 1. The molecule has 0 aliphatic heterocycles. The summed E-state index contributed by atoms with van der Waals surface area (Å²) in [7, 11) is 0. The number of nitro groups is 1. The zero-order chi connectivity index (χ0) is 19.3. The van der Waals surface area contributed by atoms with E-state index in [0.717, 1.165) is 6.07 Å². The number of benzene rings is 2. The van der Waals surface area contributed by atoms with Crippen molar-refractivity contribution in [3.8, 4) is 0 Å². The highest BCUT2D eigenvalue weighted by atomic mass is 35.5. The molecule has 0 saturated heterocycles. The van der Waals surface area contributed by atoms with Crippen molar-refractivity contribution in [2.45, 2.75) is 0 Å². The van der Waals surface area contributed by atoms with Gasteiger partial charge in [0.15, 0.2) is 0 Å². The van der Waals surface area contributed by atoms with Crippen LogP contribution in [0.5, 0.6) is 0 Å². The van der Waals surface area contributed by atoms with E-state index in [-0.39, 0.29) is 34.1 Å². The minimum atomic E-state index is -0.692. The number of nitrogens with one attached hydrogen (secondary N) is 2. The first-order valence-corrected chi connectivity index (χ1v) is 7.57. The molecule has 3 amide bonds. The Labute approximate surface area is 152 Å². The zero-order valence-corrected chi connectivity index (χ0v) is 13.9. The van der Waals surface area contributed by atoms with Gasteiger partial charge in [-0.05, 0) is 24.3 Å². The third kappa shape index (κ3) is 4.77. The number of halogens is 1. The van der Waals surface area contributed by atoms with Crippen molar-refractivity contribution < 1.29 is 19.3 Å². The van der Waals surface area contributed by atoms with E-state index in [4.69, 9.17) is 17.3 Å². The fraction of sp³-hybridized carbons (Fsp3) is 0.0625. The largest absolute Gasteiger partial charge is 0.368 e. The van der Waals surface area contributed by atoms with Gasteiger partial charge < -0.3 is 16.4 Å². The summed E-state index contributed by atoms with van der Waals surface area (Å²) in [5.74, 6) is -1.91. The van der Waals surface area contributed by atoms with Gasteiger partial charge in [0.2, 0.25) is 5.91 Å². The molecule has 2 aromatic rings. The summed E-state index contributed by atoms with van der Waals surface area (Å²) < 4.78 is 0. The average Bonchev–Trinajstić information content (AvgIpc) is 2.59. The van der Waals surface area contributed by atoms with Crippen molar-refractivity contribution in [3.63, 3.8) is 0 Å². The summed E-state index contributed by atoms with van der Waals surface area (Å²) in [6.45, 7) is -0.321. The minimum absolute atomic E-state index is 0.0449. The normalized spacial score (nSPS) is 10.0. The number of anilines is 1.